The largest absolute Gasteiger partial charge is 0.478 e. The summed E-state index contributed by atoms with van der Waals surface area (Å²) < 4.78 is 0. The first-order valence-corrected chi connectivity index (χ1v) is 10.2. The molecule has 25 heavy (non-hydrogen) atoms. The zero-order valence-electron chi connectivity index (χ0n) is 15.8. The molecule has 0 spiro atoms. The third kappa shape index (κ3) is 7.90. The third-order valence-corrected chi connectivity index (χ3v) is 5.60. The van der Waals surface area contributed by atoms with Gasteiger partial charge in [0, 0.05) is 6.08 Å². The minimum atomic E-state index is -0.897. The van der Waals surface area contributed by atoms with Crippen molar-refractivity contribution in [2.45, 2.75) is 77.6 Å². The van der Waals surface area contributed by atoms with Crippen molar-refractivity contribution >= 4 is 12.0 Å². The smallest absolute Gasteiger partial charge is 0.328 e. The van der Waals surface area contributed by atoms with Gasteiger partial charge in [-0.2, -0.15) is 0 Å². The molecule has 1 aromatic rings. The summed E-state index contributed by atoms with van der Waals surface area (Å²) in [4.78, 5) is 10.6. The van der Waals surface area contributed by atoms with Crippen LogP contribution >= 0.6 is 0 Å². The number of hydrogen-bond donors (Lipinski definition) is 1. The Hall–Kier alpha value is -1.57. The second kappa shape index (κ2) is 11.1. The van der Waals surface area contributed by atoms with E-state index in [9.17, 15) is 4.79 Å². The zero-order valence-corrected chi connectivity index (χ0v) is 15.8. The first kappa shape index (κ1) is 19.8. The number of benzene rings is 1. The van der Waals surface area contributed by atoms with Gasteiger partial charge in [0.15, 0.2) is 0 Å². The summed E-state index contributed by atoms with van der Waals surface area (Å²) >= 11 is 0. The SMILES string of the molecule is CCCCCCC[C@H]1CC[C@H](Cc2ccc(C=CC(=O)O)cc2)CC1. The summed E-state index contributed by atoms with van der Waals surface area (Å²) in [7, 11) is 0. The molecule has 0 aromatic heterocycles. The van der Waals surface area contributed by atoms with Crippen LogP contribution in [0.5, 0.6) is 0 Å². The number of carbonyl (C=O) groups is 1. The second-order valence-electron chi connectivity index (χ2n) is 7.71. The van der Waals surface area contributed by atoms with E-state index in [1.165, 1.54) is 82.3 Å². The van der Waals surface area contributed by atoms with Crippen molar-refractivity contribution in [1.29, 1.82) is 0 Å². The van der Waals surface area contributed by atoms with Crippen LogP contribution in [0.25, 0.3) is 6.08 Å². The maximum atomic E-state index is 10.6. The Morgan fingerprint density at radius 2 is 1.64 bits per heavy atom. The Balaban J connectivity index is 1.67. The zero-order chi connectivity index (χ0) is 17.9. The van der Waals surface area contributed by atoms with Gasteiger partial charge in [-0.15, -0.1) is 0 Å². The average molecular weight is 343 g/mol. The standard InChI is InChI=1S/C23H34O2/c1-2-3-4-5-6-7-19-8-12-21(13-9-19)18-22-14-10-20(11-15-22)16-17-23(24)25/h10-11,14-17,19,21H,2-9,12-13,18H2,1H3,(H,24,25)/t19-,21-. The lowest BCUT2D eigenvalue weighted by atomic mass is 9.77. The monoisotopic (exact) mass is 342 g/mol. The van der Waals surface area contributed by atoms with Gasteiger partial charge in [0.1, 0.15) is 0 Å². The molecule has 1 aromatic carbocycles. The van der Waals surface area contributed by atoms with Crippen molar-refractivity contribution in [3.8, 4) is 0 Å². The van der Waals surface area contributed by atoms with E-state index >= 15 is 0 Å². The first-order chi connectivity index (χ1) is 12.2. The Labute approximate surface area is 153 Å². The fraction of sp³-hybridized carbons (Fsp3) is 0.609. The van der Waals surface area contributed by atoms with Crippen LogP contribution in [0, 0.1) is 11.8 Å². The maximum absolute atomic E-state index is 10.6. The Kier molecular flexibility index (Phi) is 8.79. The molecular formula is C23H34O2. The van der Waals surface area contributed by atoms with Crippen molar-refractivity contribution in [2.75, 3.05) is 0 Å². The van der Waals surface area contributed by atoms with E-state index in [4.69, 9.17) is 5.11 Å². The minimum absolute atomic E-state index is 0.830. The van der Waals surface area contributed by atoms with Crippen molar-refractivity contribution < 1.29 is 9.90 Å². The lowest BCUT2D eigenvalue weighted by Crippen LogP contribution is -2.16. The predicted molar refractivity (Wildman–Crippen MR) is 106 cm³/mol. The van der Waals surface area contributed by atoms with E-state index in [1.54, 1.807) is 6.08 Å². The van der Waals surface area contributed by atoms with Gasteiger partial charge in [0.2, 0.25) is 0 Å². The molecule has 138 valence electrons. The van der Waals surface area contributed by atoms with E-state index in [-0.39, 0.29) is 0 Å². The molecule has 1 N–H and O–H groups in total. The van der Waals surface area contributed by atoms with E-state index in [0.717, 1.165) is 17.4 Å². The highest BCUT2D eigenvalue weighted by atomic mass is 16.4. The normalized spacial score (nSPS) is 20.8. The highest BCUT2D eigenvalue weighted by Gasteiger charge is 2.20. The molecule has 0 radical (unpaired) electrons. The fourth-order valence-electron chi connectivity index (χ4n) is 4.03. The van der Waals surface area contributed by atoms with Crippen LogP contribution in [0.4, 0.5) is 0 Å². The third-order valence-electron chi connectivity index (χ3n) is 5.60. The maximum Gasteiger partial charge on any atom is 0.328 e. The Morgan fingerprint density at radius 1 is 1.00 bits per heavy atom. The van der Waals surface area contributed by atoms with Crippen LogP contribution in [-0.2, 0) is 11.2 Å². The molecule has 0 heterocycles. The van der Waals surface area contributed by atoms with Gasteiger partial charge < -0.3 is 5.11 Å². The van der Waals surface area contributed by atoms with Gasteiger partial charge in [-0.05, 0) is 48.3 Å². The quantitative estimate of drug-likeness (QED) is 0.389. The number of aliphatic carboxylic acids is 1. The van der Waals surface area contributed by atoms with Crippen molar-refractivity contribution in [2.24, 2.45) is 11.8 Å². The van der Waals surface area contributed by atoms with Gasteiger partial charge in [-0.1, -0.05) is 82.6 Å². The Morgan fingerprint density at radius 3 is 2.28 bits per heavy atom. The number of rotatable bonds is 10. The van der Waals surface area contributed by atoms with E-state index in [0.29, 0.717) is 0 Å². The van der Waals surface area contributed by atoms with Crippen LogP contribution in [0.15, 0.2) is 30.3 Å². The summed E-state index contributed by atoms with van der Waals surface area (Å²) in [6.45, 7) is 2.28. The summed E-state index contributed by atoms with van der Waals surface area (Å²) in [6.07, 6.45) is 18.1. The van der Waals surface area contributed by atoms with Crippen LogP contribution in [0.3, 0.4) is 0 Å². The number of carboxylic acids is 1. The minimum Gasteiger partial charge on any atom is -0.478 e. The molecule has 1 aliphatic carbocycles. The van der Waals surface area contributed by atoms with Gasteiger partial charge in [0.05, 0.1) is 0 Å². The van der Waals surface area contributed by atoms with Crippen molar-refractivity contribution in [1.82, 2.24) is 0 Å². The van der Waals surface area contributed by atoms with Crippen LogP contribution in [0.1, 0.15) is 82.3 Å². The highest BCUT2D eigenvalue weighted by Crippen LogP contribution is 2.33. The molecule has 0 saturated heterocycles. The topological polar surface area (TPSA) is 37.3 Å². The second-order valence-corrected chi connectivity index (χ2v) is 7.71. The summed E-state index contributed by atoms with van der Waals surface area (Å²) in [5.41, 5.74) is 2.34. The molecule has 1 fully saturated rings. The molecule has 2 nitrogen and oxygen atoms in total. The molecule has 0 bridgehead atoms. The van der Waals surface area contributed by atoms with Gasteiger partial charge in [0.25, 0.3) is 0 Å². The van der Waals surface area contributed by atoms with Crippen LogP contribution in [-0.4, -0.2) is 11.1 Å². The molecule has 0 unspecified atom stereocenters. The lowest BCUT2D eigenvalue weighted by molar-refractivity contribution is -0.131. The molecule has 1 saturated carbocycles. The fourth-order valence-corrected chi connectivity index (χ4v) is 4.03. The summed E-state index contributed by atoms with van der Waals surface area (Å²) in [5, 5.41) is 8.67. The highest BCUT2D eigenvalue weighted by molar-refractivity contribution is 5.85. The van der Waals surface area contributed by atoms with E-state index in [1.807, 2.05) is 12.1 Å². The summed E-state index contributed by atoms with van der Waals surface area (Å²) in [5.74, 6) is 0.907. The molecule has 0 amide bonds. The molecule has 2 rings (SSSR count). The van der Waals surface area contributed by atoms with Gasteiger partial charge >= 0.3 is 5.97 Å². The average Bonchev–Trinajstić information content (AvgIpc) is 2.62. The van der Waals surface area contributed by atoms with Crippen molar-refractivity contribution in [3.63, 3.8) is 0 Å². The number of unbranched alkanes of at least 4 members (excludes halogenated alkanes) is 4. The lowest BCUT2D eigenvalue weighted by Gasteiger charge is -2.28. The number of hydrogen-bond acceptors (Lipinski definition) is 1. The van der Waals surface area contributed by atoms with Gasteiger partial charge in [-0.25, -0.2) is 4.79 Å². The molecule has 1 aliphatic rings. The van der Waals surface area contributed by atoms with Crippen molar-refractivity contribution in [3.05, 3.63) is 41.5 Å². The number of carboxylic acid groups (broad SMARTS) is 1. The molecule has 0 atom stereocenters. The van der Waals surface area contributed by atoms with Crippen LogP contribution < -0.4 is 0 Å². The molecular weight excluding hydrogens is 308 g/mol. The predicted octanol–water partition coefficient (Wildman–Crippen LogP) is 6.49. The Bertz CT molecular complexity index is 522. The molecule has 0 aliphatic heterocycles. The van der Waals surface area contributed by atoms with Gasteiger partial charge in [-0.3, -0.25) is 0 Å². The van der Waals surface area contributed by atoms with E-state index < -0.39 is 5.97 Å². The first-order valence-electron chi connectivity index (χ1n) is 10.2. The van der Waals surface area contributed by atoms with Crippen LogP contribution in [0.2, 0.25) is 0 Å². The van der Waals surface area contributed by atoms with E-state index in [2.05, 4.69) is 19.1 Å². The molecule has 2 heteroatoms. The summed E-state index contributed by atoms with van der Waals surface area (Å²) in [6, 6.07) is 8.36.